The van der Waals surface area contributed by atoms with Crippen molar-refractivity contribution in [3.63, 3.8) is 0 Å². The SMILES string of the molecule is c1ccc2c(c1)ccc1sc(NCCN3CCOCC3)nc12. The van der Waals surface area contributed by atoms with E-state index in [1.807, 2.05) is 0 Å². The zero-order valence-corrected chi connectivity index (χ0v) is 13.2. The molecule has 2 heterocycles. The summed E-state index contributed by atoms with van der Waals surface area (Å²) in [7, 11) is 0. The van der Waals surface area contributed by atoms with Crippen LogP contribution in [0.15, 0.2) is 36.4 Å². The van der Waals surface area contributed by atoms with Gasteiger partial charge in [-0.1, -0.05) is 41.7 Å². The number of rotatable bonds is 4. The van der Waals surface area contributed by atoms with Crippen molar-refractivity contribution < 1.29 is 4.74 Å². The van der Waals surface area contributed by atoms with Crippen LogP contribution in [0.3, 0.4) is 0 Å². The lowest BCUT2D eigenvalue weighted by Gasteiger charge is -2.26. The Morgan fingerprint density at radius 3 is 2.91 bits per heavy atom. The van der Waals surface area contributed by atoms with E-state index < -0.39 is 0 Å². The van der Waals surface area contributed by atoms with E-state index in [-0.39, 0.29) is 0 Å². The van der Waals surface area contributed by atoms with Gasteiger partial charge >= 0.3 is 0 Å². The summed E-state index contributed by atoms with van der Waals surface area (Å²) >= 11 is 1.73. The van der Waals surface area contributed by atoms with E-state index >= 15 is 0 Å². The molecule has 1 aliphatic rings. The lowest BCUT2D eigenvalue weighted by Crippen LogP contribution is -2.38. The molecule has 1 aliphatic heterocycles. The van der Waals surface area contributed by atoms with Crippen LogP contribution in [-0.4, -0.2) is 49.3 Å². The number of anilines is 1. The number of aromatic nitrogens is 1. The van der Waals surface area contributed by atoms with Gasteiger partial charge in [0.05, 0.1) is 23.4 Å². The van der Waals surface area contributed by atoms with E-state index in [2.05, 4.69) is 46.6 Å². The molecule has 22 heavy (non-hydrogen) atoms. The normalized spacial score (nSPS) is 16.4. The van der Waals surface area contributed by atoms with Crippen LogP contribution in [0.25, 0.3) is 21.0 Å². The molecule has 0 aliphatic carbocycles. The summed E-state index contributed by atoms with van der Waals surface area (Å²) < 4.78 is 6.62. The Labute approximate surface area is 133 Å². The molecule has 0 unspecified atom stereocenters. The number of hydrogen-bond acceptors (Lipinski definition) is 5. The molecular weight excluding hydrogens is 294 g/mol. The third-order valence-electron chi connectivity index (χ3n) is 4.09. The summed E-state index contributed by atoms with van der Waals surface area (Å²) in [6.07, 6.45) is 0. The number of fused-ring (bicyclic) bond motifs is 3. The molecule has 0 saturated carbocycles. The number of ether oxygens (including phenoxy) is 1. The molecule has 2 aromatic carbocycles. The Kier molecular flexibility index (Phi) is 3.93. The van der Waals surface area contributed by atoms with Gasteiger partial charge in [0.25, 0.3) is 0 Å². The number of nitrogens with zero attached hydrogens (tertiary/aromatic N) is 2. The van der Waals surface area contributed by atoms with Crippen molar-refractivity contribution in [1.29, 1.82) is 0 Å². The van der Waals surface area contributed by atoms with Gasteiger partial charge in [-0.05, 0) is 11.5 Å². The summed E-state index contributed by atoms with van der Waals surface area (Å²) in [4.78, 5) is 7.22. The maximum Gasteiger partial charge on any atom is 0.183 e. The highest BCUT2D eigenvalue weighted by molar-refractivity contribution is 7.22. The lowest BCUT2D eigenvalue weighted by molar-refractivity contribution is 0.0398. The minimum atomic E-state index is 0.854. The molecule has 1 saturated heterocycles. The molecule has 0 spiro atoms. The zero-order chi connectivity index (χ0) is 14.8. The Balaban J connectivity index is 1.49. The van der Waals surface area contributed by atoms with Crippen LogP contribution in [0.4, 0.5) is 5.13 Å². The van der Waals surface area contributed by atoms with Gasteiger partial charge in [-0.2, -0.15) is 0 Å². The molecule has 5 heteroatoms. The maximum absolute atomic E-state index is 5.37. The predicted molar refractivity (Wildman–Crippen MR) is 92.9 cm³/mol. The van der Waals surface area contributed by atoms with Gasteiger partial charge in [-0.25, -0.2) is 4.98 Å². The Morgan fingerprint density at radius 2 is 2.00 bits per heavy atom. The molecule has 0 atom stereocenters. The second-order valence-electron chi connectivity index (χ2n) is 5.53. The highest BCUT2D eigenvalue weighted by Crippen LogP contribution is 2.31. The highest BCUT2D eigenvalue weighted by Gasteiger charge is 2.10. The van der Waals surface area contributed by atoms with Crippen molar-refractivity contribution in [3.05, 3.63) is 36.4 Å². The third-order valence-corrected chi connectivity index (χ3v) is 5.07. The summed E-state index contributed by atoms with van der Waals surface area (Å²) in [6, 6.07) is 12.8. The van der Waals surface area contributed by atoms with E-state index in [9.17, 15) is 0 Å². The quantitative estimate of drug-likeness (QED) is 0.803. The molecular formula is C17H19N3OS. The molecule has 0 radical (unpaired) electrons. The average molecular weight is 313 g/mol. The van der Waals surface area contributed by atoms with Crippen LogP contribution in [0.5, 0.6) is 0 Å². The maximum atomic E-state index is 5.37. The van der Waals surface area contributed by atoms with Crippen LogP contribution >= 0.6 is 11.3 Å². The first-order chi connectivity index (χ1) is 10.9. The first-order valence-corrected chi connectivity index (χ1v) is 8.54. The summed E-state index contributed by atoms with van der Waals surface area (Å²) in [6.45, 7) is 5.75. The van der Waals surface area contributed by atoms with Crippen molar-refractivity contribution in [2.24, 2.45) is 0 Å². The Bertz CT molecular complexity index is 780. The van der Waals surface area contributed by atoms with E-state index in [1.54, 1.807) is 11.3 Å². The largest absolute Gasteiger partial charge is 0.379 e. The van der Waals surface area contributed by atoms with Crippen molar-refractivity contribution >= 4 is 37.5 Å². The van der Waals surface area contributed by atoms with Gasteiger partial charge < -0.3 is 10.1 Å². The number of benzene rings is 2. The Hall–Kier alpha value is -1.69. The fraction of sp³-hybridized carbons (Fsp3) is 0.353. The molecule has 1 aromatic heterocycles. The van der Waals surface area contributed by atoms with Gasteiger partial charge in [0, 0.05) is 31.6 Å². The Morgan fingerprint density at radius 1 is 1.14 bits per heavy atom. The minimum absolute atomic E-state index is 0.854. The van der Waals surface area contributed by atoms with Crippen LogP contribution in [-0.2, 0) is 4.74 Å². The van der Waals surface area contributed by atoms with Crippen molar-refractivity contribution in [2.75, 3.05) is 44.7 Å². The average Bonchev–Trinajstić information content (AvgIpc) is 2.99. The summed E-state index contributed by atoms with van der Waals surface area (Å²) in [5, 5.41) is 6.97. The highest BCUT2D eigenvalue weighted by atomic mass is 32.1. The summed E-state index contributed by atoms with van der Waals surface area (Å²) in [5.41, 5.74) is 1.11. The van der Waals surface area contributed by atoms with E-state index in [0.29, 0.717) is 0 Å². The van der Waals surface area contributed by atoms with Gasteiger partial charge in [0.15, 0.2) is 5.13 Å². The molecule has 114 valence electrons. The second-order valence-corrected chi connectivity index (χ2v) is 6.56. The van der Waals surface area contributed by atoms with Gasteiger partial charge in [0.2, 0.25) is 0 Å². The monoisotopic (exact) mass is 313 g/mol. The standard InChI is InChI=1S/C17H19N3OS/c1-2-4-14-13(3-1)5-6-15-16(14)19-17(22-15)18-7-8-20-9-11-21-12-10-20/h1-6H,7-12H2,(H,18,19). The van der Waals surface area contributed by atoms with Gasteiger partial charge in [0.1, 0.15) is 0 Å². The van der Waals surface area contributed by atoms with Crippen molar-refractivity contribution in [1.82, 2.24) is 9.88 Å². The molecule has 3 aromatic rings. The molecule has 1 N–H and O–H groups in total. The van der Waals surface area contributed by atoms with E-state index in [0.717, 1.165) is 50.0 Å². The summed E-state index contributed by atoms with van der Waals surface area (Å²) in [5.74, 6) is 0. The van der Waals surface area contributed by atoms with Crippen molar-refractivity contribution in [3.8, 4) is 0 Å². The molecule has 0 bridgehead atoms. The first-order valence-electron chi connectivity index (χ1n) is 7.72. The van der Waals surface area contributed by atoms with Gasteiger partial charge in [-0.15, -0.1) is 0 Å². The smallest absolute Gasteiger partial charge is 0.183 e. The van der Waals surface area contributed by atoms with Gasteiger partial charge in [-0.3, -0.25) is 4.90 Å². The number of thiazole rings is 1. The number of nitrogens with one attached hydrogen (secondary N) is 1. The van der Waals surface area contributed by atoms with Crippen LogP contribution in [0.2, 0.25) is 0 Å². The number of hydrogen-bond donors (Lipinski definition) is 1. The lowest BCUT2D eigenvalue weighted by atomic mass is 10.1. The third kappa shape index (κ3) is 2.79. The zero-order valence-electron chi connectivity index (χ0n) is 12.4. The number of morpholine rings is 1. The van der Waals surface area contributed by atoms with E-state index in [1.165, 1.54) is 15.5 Å². The topological polar surface area (TPSA) is 37.4 Å². The van der Waals surface area contributed by atoms with Crippen LogP contribution in [0, 0.1) is 0 Å². The van der Waals surface area contributed by atoms with Crippen LogP contribution < -0.4 is 5.32 Å². The fourth-order valence-corrected chi connectivity index (χ4v) is 3.79. The fourth-order valence-electron chi connectivity index (χ4n) is 2.88. The van der Waals surface area contributed by atoms with Crippen molar-refractivity contribution in [2.45, 2.75) is 0 Å². The molecule has 0 amide bonds. The predicted octanol–water partition coefficient (Wildman–Crippen LogP) is 3.19. The van der Waals surface area contributed by atoms with Crippen LogP contribution in [0.1, 0.15) is 0 Å². The minimum Gasteiger partial charge on any atom is -0.379 e. The second kappa shape index (κ2) is 6.20. The first kappa shape index (κ1) is 13.9. The molecule has 4 nitrogen and oxygen atoms in total. The molecule has 1 fully saturated rings. The molecule has 4 rings (SSSR count). The van der Waals surface area contributed by atoms with E-state index in [4.69, 9.17) is 9.72 Å².